The van der Waals surface area contributed by atoms with Crippen LogP contribution < -0.4 is 10.1 Å². The van der Waals surface area contributed by atoms with E-state index < -0.39 is 28.6 Å². The number of anilines is 1. The van der Waals surface area contributed by atoms with Gasteiger partial charge in [0.05, 0.1) is 10.6 Å². The van der Waals surface area contributed by atoms with Crippen molar-refractivity contribution in [2.75, 3.05) is 5.32 Å². The van der Waals surface area contributed by atoms with E-state index in [9.17, 15) is 23.7 Å². The quantitative estimate of drug-likeness (QED) is 0.484. The van der Waals surface area contributed by atoms with Crippen molar-refractivity contribution in [1.29, 1.82) is 0 Å². The fourth-order valence-electron chi connectivity index (χ4n) is 2.28. The summed E-state index contributed by atoms with van der Waals surface area (Å²) in [4.78, 5) is 26.9. The van der Waals surface area contributed by atoms with E-state index in [4.69, 9.17) is 4.74 Å². The van der Waals surface area contributed by atoms with Crippen LogP contribution in [0.1, 0.15) is 6.92 Å². The lowest BCUT2D eigenvalue weighted by Crippen LogP contribution is -2.30. The molecule has 2 aromatic carbocycles. The van der Waals surface area contributed by atoms with Crippen molar-refractivity contribution in [1.82, 2.24) is 4.98 Å². The monoisotopic (exact) mass is 405 g/mol. The molecule has 10 heteroatoms. The molecule has 1 heterocycles. The predicted octanol–water partition coefficient (Wildman–Crippen LogP) is 4.40. The number of benzene rings is 2. The summed E-state index contributed by atoms with van der Waals surface area (Å²) < 4.78 is 31.8. The Morgan fingerprint density at radius 1 is 1.25 bits per heavy atom. The van der Waals surface area contributed by atoms with Crippen molar-refractivity contribution in [3.63, 3.8) is 0 Å². The normalized spacial score (nSPS) is 11.7. The molecule has 0 fully saturated rings. The van der Waals surface area contributed by atoms with Crippen LogP contribution in [0.2, 0.25) is 0 Å². The summed E-state index contributed by atoms with van der Waals surface area (Å²) in [6.45, 7) is 1.44. The summed E-state index contributed by atoms with van der Waals surface area (Å²) in [6, 6.07) is 9.09. The Labute approximate surface area is 161 Å². The zero-order valence-corrected chi connectivity index (χ0v) is 15.2. The molecule has 1 aromatic heterocycles. The molecular formula is C18H13F2N3O4S. The Morgan fingerprint density at radius 3 is 2.71 bits per heavy atom. The topological polar surface area (TPSA) is 94.4 Å². The number of amides is 1. The lowest BCUT2D eigenvalue weighted by atomic mass is 10.2. The third kappa shape index (κ3) is 4.29. The fourth-order valence-corrected chi connectivity index (χ4v) is 3.00. The standard InChI is InChI=1S/C18H13F2N3O4S/c1-10(27-16-5-3-2-4-15(16)23(25)26)17(24)22-18-21-14(9-28-18)11-6-7-12(19)13(20)8-11/h2-10H,1H3,(H,21,22,24). The van der Waals surface area contributed by atoms with Crippen LogP contribution in [0, 0.1) is 21.7 Å². The number of hydrogen-bond donors (Lipinski definition) is 1. The van der Waals surface area contributed by atoms with Gasteiger partial charge in [-0.25, -0.2) is 13.8 Å². The third-order valence-electron chi connectivity index (χ3n) is 3.68. The molecule has 0 aliphatic heterocycles. The molecule has 144 valence electrons. The Kier molecular flexibility index (Phi) is 5.59. The van der Waals surface area contributed by atoms with Crippen LogP contribution in [0.15, 0.2) is 47.8 Å². The largest absolute Gasteiger partial charge is 0.474 e. The predicted molar refractivity (Wildman–Crippen MR) is 99.3 cm³/mol. The number of nitrogens with one attached hydrogen (secondary N) is 1. The molecular weight excluding hydrogens is 392 g/mol. The minimum absolute atomic E-state index is 0.0308. The van der Waals surface area contributed by atoms with Gasteiger partial charge < -0.3 is 4.74 Å². The lowest BCUT2D eigenvalue weighted by Gasteiger charge is -2.13. The first-order chi connectivity index (χ1) is 13.3. The molecule has 0 saturated heterocycles. The lowest BCUT2D eigenvalue weighted by molar-refractivity contribution is -0.386. The van der Waals surface area contributed by atoms with E-state index in [1.165, 1.54) is 31.2 Å². The van der Waals surface area contributed by atoms with Crippen LogP contribution in [0.25, 0.3) is 11.3 Å². The summed E-state index contributed by atoms with van der Waals surface area (Å²) in [6.07, 6.45) is -1.03. The second-order valence-corrected chi connectivity index (χ2v) is 6.50. The number of para-hydroxylation sites is 2. The number of nitro benzene ring substituents is 1. The Bertz CT molecular complexity index is 1040. The first kappa shape index (κ1) is 19.4. The van der Waals surface area contributed by atoms with Crippen LogP contribution in [0.5, 0.6) is 5.75 Å². The number of ether oxygens (including phenoxy) is 1. The van der Waals surface area contributed by atoms with Gasteiger partial charge in [-0.15, -0.1) is 11.3 Å². The van der Waals surface area contributed by atoms with Crippen molar-refractivity contribution in [3.05, 3.63) is 69.6 Å². The molecule has 0 saturated carbocycles. The number of halogens is 2. The van der Waals surface area contributed by atoms with Crippen LogP contribution in [-0.4, -0.2) is 21.9 Å². The van der Waals surface area contributed by atoms with Gasteiger partial charge in [0, 0.05) is 17.0 Å². The van der Waals surface area contributed by atoms with Gasteiger partial charge in [-0.05, 0) is 31.2 Å². The summed E-state index contributed by atoms with van der Waals surface area (Å²) in [5.74, 6) is -2.56. The SMILES string of the molecule is CC(Oc1ccccc1[N+](=O)[O-])C(=O)Nc1nc(-c2ccc(F)c(F)c2)cs1. The van der Waals surface area contributed by atoms with Crippen molar-refractivity contribution in [3.8, 4) is 17.0 Å². The second kappa shape index (κ2) is 8.09. The highest BCUT2D eigenvalue weighted by Crippen LogP contribution is 2.28. The summed E-state index contributed by atoms with van der Waals surface area (Å²) in [7, 11) is 0. The van der Waals surface area contributed by atoms with E-state index in [0.29, 0.717) is 11.3 Å². The number of nitro groups is 1. The van der Waals surface area contributed by atoms with Crippen molar-refractivity contribution < 1.29 is 23.2 Å². The van der Waals surface area contributed by atoms with Crippen LogP contribution in [-0.2, 0) is 4.79 Å². The molecule has 0 aliphatic rings. The van der Waals surface area contributed by atoms with Crippen LogP contribution in [0.4, 0.5) is 19.6 Å². The van der Waals surface area contributed by atoms with Crippen LogP contribution >= 0.6 is 11.3 Å². The van der Waals surface area contributed by atoms with E-state index >= 15 is 0 Å². The summed E-state index contributed by atoms with van der Waals surface area (Å²) in [5, 5.41) is 15.3. The summed E-state index contributed by atoms with van der Waals surface area (Å²) in [5.41, 5.74) is 0.475. The molecule has 3 aromatic rings. The van der Waals surface area contributed by atoms with Crippen molar-refractivity contribution in [2.45, 2.75) is 13.0 Å². The zero-order chi connectivity index (χ0) is 20.3. The van der Waals surface area contributed by atoms with Gasteiger partial charge in [0.15, 0.2) is 28.6 Å². The molecule has 28 heavy (non-hydrogen) atoms. The Hall–Kier alpha value is -3.40. The van der Waals surface area contributed by atoms with E-state index in [2.05, 4.69) is 10.3 Å². The molecule has 0 bridgehead atoms. The van der Waals surface area contributed by atoms with Crippen molar-refractivity contribution >= 4 is 28.1 Å². The van der Waals surface area contributed by atoms with Gasteiger partial charge >= 0.3 is 5.69 Å². The highest BCUT2D eigenvalue weighted by Gasteiger charge is 2.21. The smallest absolute Gasteiger partial charge is 0.310 e. The number of hydrogen-bond acceptors (Lipinski definition) is 6. The molecule has 0 radical (unpaired) electrons. The van der Waals surface area contributed by atoms with E-state index in [1.807, 2.05) is 0 Å². The molecule has 1 atom stereocenters. The highest BCUT2D eigenvalue weighted by atomic mass is 32.1. The summed E-state index contributed by atoms with van der Waals surface area (Å²) >= 11 is 1.09. The molecule has 1 unspecified atom stereocenters. The van der Waals surface area contributed by atoms with Gasteiger partial charge in [0.2, 0.25) is 0 Å². The molecule has 0 aliphatic carbocycles. The van der Waals surface area contributed by atoms with E-state index in [0.717, 1.165) is 23.5 Å². The first-order valence-electron chi connectivity index (χ1n) is 7.97. The maximum Gasteiger partial charge on any atom is 0.310 e. The van der Waals surface area contributed by atoms with Gasteiger partial charge in [-0.2, -0.15) is 0 Å². The van der Waals surface area contributed by atoms with Gasteiger partial charge in [0.1, 0.15) is 0 Å². The van der Waals surface area contributed by atoms with Gasteiger partial charge in [0.25, 0.3) is 5.91 Å². The maximum atomic E-state index is 13.4. The molecule has 1 amide bonds. The number of carbonyl (C=O) groups is 1. The van der Waals surface area contributed by atoms with E-state index in [-0.39, 0.29) is 16.6 Å². The minimum atomic E-state index is -1.03. The minimum Gasteiger partial charge on any atom is -0.474 e. The number of nitrogens with zero attached hydrogens (tertiary/aromatic N) is 2. The van der Waals surface area contributed by atoms with Crippen molar-refractivity contribution in [2.24, 2.45) is 0 Å². The average molecular weight is 405 g/mol. The first-order valence-corrected chi connectivity index (χ1v) is 8.85. The molecule has 3 rings (SSSR count). The third-order valence-corrected chi connectivity index (χ3v) is 4.44. The van der Waals surface area contributed by atoms with Crippen LogP contribution in [0.3, 0.4) is 0 Å². The number of aromatic nitrogens is 1. The number of thiazole rings is 1. The zero-order valence-electron chi connectivity index (χ0n) is 14.4. The van der Waals surface area contributed by atoms with E-state index in [1.54, 1.807) is 11.4 Å². The highest BCUT2D eigenvalue weighted by molar-refractivity contribution is 7.14. The average Bonchev–Trinajstić information content (AvgIpc) is 3.12. The van der Waals surface area contributed by atoms with Gasteiger partial charge in [-0.3, -0.25) is 20.2 Å². The number of carbonyl (C=O) groups excluding carboxylic acids is 1. The molecule has 1 N–H and O–H groups in total. The fraction of sp³-hybridized carbons (Fsp3) is 0.111. The molecule has 0 spiro atoms. The maximum absolute atomic E-state index is 13.4. The second-order valence-electron chi connectivity index (χ2n) is 5.64. The Balaban J connectivity index is 1.69. The Morgan fingerprint density at radius 2 is 2.00 bits per heavy atom. The van der Waals surface area contributed by atoms with Gasteiger partial charge in [-0.1, -0.05) is 12.1 Å². The number of rotatable bonds is 6. The molecule has 7 nitrogen and oxygen atoms in total.